The average Bonchev–Trinajstić information content (AvgIpc) is 2.70. The summed E-state index contributed by atoms with van der Waals surface area (Å²) in [7, 11) is 0. The van der Waals surface area contributed by atoms with Crippen LogP contribution in [-0.4, -0.2) is 28.3 Å². The van der Waals surface area contributed by atoms with Crippen molar-refractivity contribution in [1.29, 1.82) is 0 Å². The fourth-order valence-corrected chi connectivity index (χ4v) is 2.18. The number of carbonyl (C=O) groups excluding carboxylic acids is 3. The standard InChI is InChI=1S/C16H21N3O3/c1-16(2,3)18-15(22)17-12-6-4-11(5-7-12)10-19-13(20)8-9-14(19)21/h4-7H,8-10H2,1-3H3,(H2,17,18,22). The predicted molar refractivity (Wildman–Crippen MR) is 83.1 cm³/mol. The third-order valence-electron chi connectivity index (χ3n) is 3.20. The van der Waals surface area contributed by atoms with E-state index in [1.54, 1.807) is 24.3 Å². The van der Waals surface area contributed by atoms with Crippen molar-refractivity contribution in [2.45, 2.75) is 45.7 Å². The van der Waals surface area contributed by atoms with Gasteiger partial charge in [0.15, 0.2) is 0 Å². The van der Waals surface area contributed by atoms with Crippen LogP contribution in [0.5, 0.6) is 0 Å². The van der Waals surface area contributed by atoms with Crippen LogP contribution >= 0.6 is 0 Å². The van der Waals surface area contributed by atoms with Crippen molar-refractivity contribution >= 4 is 23.5 Å². The zero-order valence-corrected chi connectivity index (χ0v) is 13.1. The fourth-order valence-electron chi connectivity index (χ4n) is 2.18. The van der Waals surface area contributed by atoms with E-state index < -0.39 is 0 Å². The molecule has 1 fully saturated rings. The minimum Gasteiger partial charge on any atom is -0.333 e. The Balaban J connectivity index is 1.94. The number of hydrogen-bond acceptors (Lipinski definition) is 3. The summed E-state index contributed by atoms with van der Waals surface area (Å²) in [5.74, 6) is -0.256. The number of rotatable bonds is 3. The summed E-state index contributed by atoms with van der Waals surface area (Å²) < 4.78 is 0. The van der Waals surface area contributed by atoms with E-state index in [1.807, 2.05) is 20.8 Å². The van der Waals surface area contributed by atoms with E-state index in [0.717, 1.165) is 5.56 Å². The number of amides is 4. The Labute approximate surface area is 129 Å². The van der Waals surface area contributed by atoms with Gasteiger partial charge in [0, 0.05) is 24.1 Å². The first kappa shape index (κ1) is 16.0. The van der Waals surface area contributed by atoms with Gasteiger partial charge in [0.05, 0.1) is 6.54 Å². The molecule has 0 bridgehead atoms. The lowest BCUT2D eigenvalue weighted by Gasteiger charge is -2.20. The molecule has 1 saturated heterocycles. The molecule has 6 nitrogen and oxygen atoms in total. The van der Waals surface area contributed by atoms with Gasteiger partial charge in [-0.05, 0) is 38.5 Å². The number of anilines is 1. The van der Waals surface area contributed by atoms with Crippen LogP contribution in [0.15, 0.2) is 24.3 Å². The first-order valence-electron chi connectivity index (χ1n) is 7.26. The largest absolute Gasteiger partial charge is 0.333 e. The van der Waals surface area contributed by atoms with E-state index in [4.69, 9.17) is 0 Å². The van der Waals surface area contributed by atoms with Crippen molar-refractivity contribution < 1.29 is 14.4 Å². The number of nitrogens with zero attached hydrogens (tertiary/aromatic N) is 1. The number of carbonyl (C=O) groups is 3. The molecule has 0 unspecified atom stereocenters. The molecule has 22 heavy (non-hydrogen) atoms. The van der Waals surface area contributed by atoms with Crippen LogP contribution in [0.1, 0.15) is 39.2 Å². The smallest absolute Gasteiger partial charge is 0.319 e. The van der Waals surface area contributed by atoms with Gasteiger partial charge < -0.3 is 10.6 Å². The third kappa shape index (κ3) is 4.31. The summed E-state index contributed by atoms with van der Waals surface area (Å²) in [6, 6.07) is 6.83. The molecular formula is C16H21N3O3. The molecule has 0 aliphatic carbocycles. The Kier molecular flexibility index (Phi) is 4.49. The second-order valence-corrected chi connectivity index (χ2v) is 6.40. The highest BCUT2D eigenvalue weighted by Crippen LogP contribution is 2.17. The molecule has 0 spiro atoms. The van der Waals surface area contributed by atoms with E-state index >= 15 is 0 Å². The van der Waals surface area contributed by atoms with Crippen LogP contribution in [-0.2, 0) is 16.1 Å². The maximum atomic E-state index is 11.8. The highest BCUT2D eigenvalue weighted by molar-refractivity contribution is 6.01. The molecular weight excluding hydrogens is 282 g/mol. The lowest BCUT2D eigenvalue weighted by molar-refractivity contribution is -0.139. The second kappa shape index (κ2) is 6.17. The van der Waals surface area contributed by atoms with Crippen molar-refractivity contribution in [3.63, 3.8) is 0 Å². The molecule has 6 heteroatoms. The Morgan fingerprint density at radius 3 is 2.14 bits per heavy atom. The van der Waals surface area contributed by atoms with Gasteiger partial charge in [-0.15, -0.1) is 0 Å². The van der Waals surface area contributed by atoms with E-state index in [-0.39, 0.29) is 29.9 Å². The maximum Gasteiger partial charge on any atom is 0.319 e. The Morgan fingerprint density at radius 1 is 1.09 bits per heavy atom. The van der Waals surface area contributed by atoms with Crippen LogP contribution in [0, 0.1) is 0 Å². The predicted octanol–water partition coefficient (Wildman–Crippen LogP) is 2.26. The molecule has 1 heterocycles. The maximum absolute atomic E-state index is 11.8. The molecule has 0 radical (unpaired) electrons. The Morgan fingerprint density at radius 2 is 1.64 bits per heavy atom. The first-order valence-corrected chi connectivity index (χ1v) is 7.26. The number of urea groups is 1. The summed E-state index contributed by atoms with van der Waals surface area (Å²) >= 11 is 0. The molecule has 1 aromatic rings. The van der Waals surface area contributed by atoms with Crippen molar-refractivity contribution in [3.8, 4) is 0 Å². The number of imide groups is 1. The first-order chi connectivity index (χ1) is 10.2. The van der Waals surface area contributed by atoms with Crippen LogP contribution in [0.25, 0.3) is 0 Å². The molecule has 1 aliphatic rings. The highest BCUT2D eigenvalue weighted by Gasteiger charge is 2.28. The molecule has 1 aliphatic heterocycles. The Hall–Kier alpha value is -2.37. The van der Waals surface area contributed by atoms with Gasteiger partial charge >= 0.3 is 6.03 Å². The lowest BCUT2D eigenvalue weighted by atomic mass is 10.1. The van der Waals surface area contributed by atoms with Gasteiger partial charge in [-0.3, -0.25) is 14.5 Å². The summed E-state index contributed by atoms with van der Waals surface area (Å²) in [5, 5.41) is 5.54. The van der Waals surface area contributed by atoms with Crippen molar-refractivity contribution in [1.82, 2.24) is 10.2 Å². The molecule has 1 aromatic carbocycles. The van der Waals surface area contributed by atoms with Gasteiger partial charge in [-0.2, -0.15) is 0 Å². The summed E-state index contributed by atoms with van der Waals surface area (Å²) in [5.41, 5.74) is 1.20. The minimum absolute atomic E-state index is 0.128. The van der Waals surface area contributed by atoms with E-state index in [9.17, 15) is 14.4 Å². The van der Waals surface area contributed by atoms with Gasteiger partial charge in [-0.25, -0.2) is 4.79 Å². The van der Waals surface area contributed by atoms with Gasteiger partial charge in [0.25, 0.3) is 0 Å². The zero-order valence-electron chi connectivity index (χ0n) is 13.1. The second-order valence-electron chi connectivity index (χ2n) is 6.40. The summed E-state index contributed by atoms with van der Waals surface area (Å²) in [4.78, 5) is 36.2. The number of benzene rings is 1. The third-order valence-corrected chi connectivity index (χ3v) is 3.20. The topological polar surface area (TPSA) is 78.5 Å². The fraction of sp³-hybridized carbons (Fsp3) is 0.438. The molecule has 2 rings (SSSR count). The summed E-state index contributed by atoms with van der Waals surface area (Å²) in [6.07, 6.45) is 0.594. The van der Waals surface area contributed by atoms with E-state index in [1.165, 1.54) is 4.90 Å². The minimum atomic E-state index is -0.305. The quantitative estimate of drug-likeness (QED) is 0.841. The van der Waals surface area contributed by atoms with Crippen LogP contribution in [0.2, 0.25) is 0 Å². The number of likely N-dealkylation sites (tertiary alicyclic amines) is 1. The molecule has 4 amide bonds. The monoisotopic (exact) mass is 303 g/mol. The SMILES string of the molecule is CC(C)(C)NC(=O)Nc1ccc(CN2C(=O)CCC2=O)cc1. The molecule has 2 N–H and O–H groups in total. The molecule has 0 atom stereocenters. The van der Waals surface area contributed by atoms with Crippen LogP contribution in [0.4, 0.5) is 10.5 Å². The normalized spacial score (nSPS) is 15.1. The van der Waals surface area contributed by atoms with Crippen molar-refractivity contribution in [2.24, 2.45) is 0 Å². The highest BCUT2D eigenvalue weighted by atomic mass is 16.2. The van der Waals surface area contributed by atoms with Crippen molar-refractivity contribution in [3.05, 3.63) is 29.8 Å². The number of hydrogen-bond donors (Lipinski definition) is 2. The zero-order chi connectivity index (χ0) is 16.3. The number of nitrogens with one attached hydrogen (secondary N) is 2. The van der Waals surface area contributed by atoms with E-state index in [0.29, 0.717) is 18.5 Å². The average molecular weight is 303 g/mol. The van der Waals surface area contributed by atoms with E-state index in [2.05, 4.69) is 10.6 Å². The van der Waals surface area contributed by atoms with Crippen molar-refractivity contribution in [2.75, 3.05) is 5.32 Å². The lowest BCUT2D eigenvalue weighted by Crippen LogP contribution is -2.43. The summed E-state index contributed by atoms with van der Waals surface area (Å²) in [6.45, 7) is 5.99. The molecule has 0 aromatic heterocycles. The van der Waals surface area contributed by atoms with Gasteiger partial charge in [0.1, 0.15) is 0 Å². The molecule has 118 valence electrons. The van der Waals surface area contributed by atoms with Crippen LogP contribution in [0.3, 0.4) is 0 Å². The molecule has 0 saturated carbocycles. The van der Waals surface area contributed by atoms with Gasteiger partial charge in [-0.1, -0.05) is 12.1 Å². The van der Waals surface area contributed by atoms with Gasteiger partial charge in [0.2, 0.25) is 11.8 Å². The Bertz CT molecular complexity index is 572. The van der Waals surface area contributed by atoms with Crippen LogP contribution < -0.4 is 10.6 Å².